The number of rotatable bonds is 7. The molecule has 1 aliphatic rings. The normalized spacial score (nSPS) is 25.4. The van der Waals surface area contributed by atoms with Crippen LogP contribution in [-0.4, -0.2) is 23.1 Å². The summed E-state index contributed by atoms with van der Waals surface area (Å²) in [6.07, 6.45) is 6.50. The highest BCUT2D eigenvalue weighted by Gasteiger charge is 2.50. The lowest BCUT2D eigenvalue weighted by Crippen LogP contribution is -2.52. The van der Waals surface area contributed by atoms with Gasteiger partial charge in [0.05, 0.1) is 6.61 Å². The van der Waals surface area contributed by atoms with Gasteiger partial charge in [0.1, 0.15) is 5.76 Å². The molecule has 0 spiro atoms. The molecule has 23 heavy (non-hydrogen) atoms. The Balaban J connectivity index is 2.91. The summed E-state index contributed by atoms with van der Waals surface area (Å²) < 4.78 is 5.92. The second kappa shape index (κ2) is 7.65. The fraction of sp³-hybridized carbons (Fsp3) is 0.750. The van der Waals surface area contributed by atoms with Gasteiger partial charge in [-0.2, -0.15) is 0 Å². The van der Waals surface area contributed by atoms with E-state index >= 15 is 0 Å². The lowest BCUT2D eigenvalue weighted by Gasteiger charge is -2.41. The number of allylic oxidation sites excluding steroid dienone is 1. The SMILES string of the molecule is CCCCCCOC1=C(C)[C@@H](C)[C@@](O)(C(=O)C(C)(C)C)C(C)=C1. The fourth-order valence-electron chi connectivity index (χ4n) is 3.10. The minimum absolute atomic E-state index is 0.132. The van der Waals surface area contributed by atoms with Gasteiger partial charge < -0.3 is 9.84 Å². The number of carbonyl (C=O) groups is 1. The predicted octanol–water partition coefficient (Wildman–Crippen LogP) is 4.80. The van der Waals surface area contributed by atoms with Crippen LogP contribution in [0.15, 0.2) is 23.0 Å². The molecule has 0 aromatic carbocycles. The fourth-order valence-corrected chi connectivity index (χ4v) is 3.10. The maximum Gasteiger partial charge on any atom is 0.174 e. The highest BCUT2D eigenvalue weighted by Crippen LogP contribution is 2.42. The van der Waals surface area contributed by atoms with Crippen LogP contribution in [0.2, 0.25) is 0 Å². The first-order valence-corrected chi connectivity index (χ1v) is 8.86. The first-order chi connectivity index (χ1) is 10.6. The molecule has 1 rings (SSSR count). The van der Waals surface area contributed by atoms with Crippen LogP contribution in [0, 0.1) is 11.3 Å². The van der Waals surface area contributed by atoms with Gasteiger partial charge in [0.2, 0.25) is 0 Å². The zero-order valence-electron chi connectivity index (χ0n) is 16.0. The van der Waals surface area contributed by atoms with Gasteiger partial charge in [0.15, 0.2) is 11.4 Å². The monoisotopic (exact) mass is 322 g/mol. The van der Waals surface area contributed by atoms with Gasteiger partial charge in [-0.25, -0.2) is 0 Å². The lowest BCUT2D eigenvalue weighted by atomic mass is 9.66. The van der Waals surface area contributed by atoms with Crippen molar-refractivity contribution in [1.82, 2.24) is 0 Å². The Morgan fingerprint density at radius 1 is 1.26 bits per heavy atom. The molecule has 0 amide bonds. The van der Waals surface area contributed by atoms with E-state index in [1.165, 1.54) is 19.3 Å². The van der Waals surface area contributed by atoms with Crippen molar-refractivity contribution in [3.63, 3.8) is 0 Å². The van der Waals surface area contributed by atoms with Crippen LogP contribution in [0.4, 0.5) is 0 Å². The van der Waals surface area contributed by atoms with Crippen molar-refractivity contribution >= 4 is 5.78 Å². The van der Waals surface area contributed by atoms with E-state index in [4.69, 9.17) is 4.74 Å². The topological polar surface area (TPSA) is 46.5 Å². The van der Waals surface area contributed by atoms with E-state index in [1.807, 2.05) is 47.6 Å². The highest BCUT2D eigenvalue weighted by atomic mass is 16.5. The highest BCUT2D eigenvalue weighted by molar-refractivity contribution is 5.95. The van der Waals surface area contributed by atoms with Crippen molar-refractivity contribution in [2.45, 2.75) is 79.8 Å². The van der Waals surface area contributed by atoms with Crippen LogP contribution in [0.1, 0.15) is 74.1 Å². The molecule has 0 fully saturated rings. The molecule has 3 nitrogen and oxygen atoms in total. The number of hydrogen-bond acceptors (Lipinski definition) is 3. The molecule has 0 aromatic heterocycles. The van der Waals surface area contributed by atoms with Crippen molar-refractivity contribution in [2.75, 3.05) is 6.61 Å². The first kappa shape index (κ1) is 20.0. The molecular formula is C20H34O3. The molecule has 0 saturated carbocycles. The zero-order chi connectivity index (χ0) is 17.8. The summed E-state index contributed by atoms with van der Waals surface area (Å²) in [6, 6.07) is 0. The number of aliphatic hydroxyl groups is 1. The molecule has 0 bridgehead atoms. The molecule has 0 heterocycles. The van der Waals surface area contributed by atoms with Gasteiger partial charge in [-0.15, -0.1) is 0 Å². The Labute approximate surface area is 141 Å². The Hall–Kier alpha value is -1.09. The molecule has 3 heteroatoms. The number of hydrogen-bond donors (Lipinski definition) is 1. The number of ether oxygens (including phenoxy) is 1. The van der Waals surface area contributed by atoms with Crippen LogP contribution < -0.4 is 0 Å². The van der Waals surface area contributed by atoms with E-state index in [1.54, 1.807) is 0 Å². The largest absolute Gasteiger partial charge is 0.494 e. The van der Waals surface area contributed by atoms with Crippen LogP contribution in [0.3, 0.4) is 0 Å². The Kier molecular flexibility index (Phi) is 6.64. The van der Waals surface area contributed by atoms with Gasteiger partial charge in [-0.3, -0.25) is 4.79 Å². The third-order valence-electron chi connectivity index (χ3n) is 4.90. The Morgan fingerprint density at radius 3 is 2.39 bits per heavy atom. The first-order valence-electron chi connectivity index (χ1n) is 8.86. The standard InChI is InChI=1S/C20H34O3/c1-8-9-10-11-12-23-17-13-14(2)20(22,16(4)15(17)3)18(21)19(5,6)7/h13,16,22H,8-12H2,1-7H3/t16-,20-/m1/s1. The quantitative estimate of drug-likeness (QED) is 0.685. The molecular weight excluding hydrogens is 288 g/mol. The lowest BCUT2D eigenvalue weighted by molar-refractivity contribution is -0.145. The van der Waals surface area contributed by atoms with Gasteiger partial charge in [0, 0.05) is 11.3 Å². The third-order valence-corrected chi connectivity index (χ3v) is 4.90. The van der Waals surface area contributed by atoms with E-state index in [0.29, 0.717) is 12.2 Å². The number of Topliss-reactive ketones (excluding diaryl/α,β-unsaturated/α-hetero) is 1. The average Bonchev–Trinajstić information content (AvgIpc) is 2.48. The van der Waals surface area contributed by atoms with Gasteiger partial charge in [0.25, 0.3) is 0 Å². The summed E-state index contributed by atoms with van der Waals surface area (Å²) in [6.45, 7) is 14.1. The van der Waals surface area contributed by atoms with Crippen molar-refractivity contribution in [2.24, 2.45) is 11.3 Å². The molecule has 1 N–H and O–H groups in total. The summed E-state index contributed by atoms with van der Waals surface area (Å²) in [4.78, 5) is 12.8. The number of unbranched alkanes of at least 4 members (excludes halogenated alkanes) is 3. The van der Waals surface area contributed by atoms with Gasteiger partial charge in [-0.05, 0) is 37.5 Å². The van der Waals surface area contributed by atoms with E-state index < -0.39 is 11.0 Å². The number of ketones is 1. The molecule has 0 radical (unpaired) electrons. The second-order valence-electron chi connectivity index (χ2n) is 7.85. The minimum Gasteiger partial charge on any atom is -0.494 e. The summed E-state index contributed by atoms with van der Waals surface area (Å²) >= 11 is 0. The van der Waals surface area contributed by atoms with Gasteiger partial charge in [-0.1, -0.05) is 53.9 Å². The van der Waals surface area contributed by atoms with Crippen molar-refractivity contribution in [1.29, 1.82) is 0 Å². The summed E-state index contributed by atoms with van der Waals surface area (Å²) in [5.74, 6) is 0.412. The summed E-state index contributed by atoms with van der Waals surface area (Å²) in [5, 5.41) is 11.1. The Morgan fingerprint density at radius 2 is 1.87 bits per heavy atom. The van der Waals surface area contributed by atoms with E-state index in [0.717, 1.165) is 17.8 Å². The molecule has 0 aliphatic heterocycles. The third kappa shape index (κ3) is 4.26. The van der Waals surface area contributed by atoms with Crippen molar-refractivity contribution in [3.8, 4) is 0 Å². The van der Waals surface area contributed by atoms with E-state index in [2.05, 4.69) is 6.92 Å². The maximum absolute atomic E-state index is 12.8. The molecule has 0 aromatic rings. The summed E-state index contributed by atoms with van der Waals surface area (Å²) in [7, 11) is 0. The van der Waals surface area contributed by atoms with Crippen LogP contribution in [-0.2, 0) is 9.53 Å². The second-order valence-corrected chi connectivity index (χ2v) is 7.85. The predicted molar refractivity (Wildman–Crippen MR) is 95.1 cm³/mol. The molecule has 0 saturated heterocycles. The minimum atomic E-state index is -1.43. The smallest absolute Gasteiger partial charge is 0.174 e. The molecule has 132 valence electrons. The maximum atomic E-state index is 12.8. The Bertz CT molecular complexity index is 494. The number of carbonyl (C=O) groups excluding carboxylic acids is 1. The molecule has 1 aliphatic carbocycles. The molecule has 2 atom stereocenters. The van der Waals surface area contributed by atoms with Crippen LogP contribution in [0.25, 0.3) is 0 Å². The van der Waals surface area contributed by atoms with Crippen LogP contribution in [0.5, 0.6) is 0 Å². The van der Waals surface area contributed by atoms with Crippen LogP contribution >= 0.6 is 0 Å². The van der Waals surface area contributed by atoms with Crippen molar-refractivity contribution < 1.29 is 14.6 Å². The summed E-state index contributed by atoms with van der Waals surface area (Å²) in [5.41, 5.74) is -0.390. The zero-order valence-corrected chi connectivity index (χ0v) is 16.0. The molecule has 0 unspecified atom stereocenters. The van der Waals surface area contributed by atoms with E-state index in [-0.39, 0.29) is 11.7 Å². The van der Waals surface area contributed by atoms with Gasteiger partial charge >= 0.3 is 0 Å². The average molecular weight is 322 g/mol. The van der Waals surface area contributed by atoms with Crippen molar-refractivity contribution in [3.05, 3.63) is 23.0 Å². The van der Waals surface area contributed by atoms with E-state index in [9.17, 15) is 9.90 Å².